The van der Waals surface area contributed by atoms with Gasteiger partial charge in [0.25, 0.3) is 0 Å². The van der Waals surface area contributed by atoms with Crippen LogP contribution in [0.15, 0.2) is 30.3 Å². The normalized spacial score (nSPS) is 16.4. The number of nitrogens with one attached hydrogen (secondary N) is 3. The lowest BCUT2D eigenvalue weighted by Crippen LogP contribution is -2.59. The summed E-state index contributed by atoms with van der Waals surface area (Å²) in [5.41, 5.74) is 6.49. The van der Waals surface area contributed by atoms with Gasteiger partial charge in [-0.2, -0.15) is 0 Å². The summed E-state index contributed by atoms with van der Waals surface area (Å²) >= 11 is 0. The molecule has 6 unspecified atom stereocenters. The second-order valence-electron chi connectivity index (χ2n) is 8.62. The van der Waals surface area contributed by atoms with Gasteiger partial charge in [0.2, 0.25) is 17.7 Å². The summed E-state index contributed by atoms with van der Waals surface area (Å²) in [6, 6.07) is 5.39. The monoisotopic (exact) mass is 462 g/mol. The van der Waals surface area contributed by atoms with Crippen LogP contribution >= 0.6 is 0 Å². The molecule has 0 radical (unpaired) electrons. The average molecular weight is 463 g/mol. The van der Waals surface area contributed by atoms with E-state index in [0.29, 0.717) is 12.8 Å². The molecule has 9 heteroatoms. The van der Waals surface area contributed by atoms with Crippen molar-refractivity contribution in [3.05, 3.63) is 35.9 Å². The molecule has 0 aromatic heterocycles. The maximum atomic E-state index is 13.2. The molecule has 0 fully saturated rings. The van der Waals surface area contributed by atoms with Gasteiger partial charge >= 0.3 is 5.97 Å². The van der Waals surface area contributed by atoms with E-state index in [4.69, 9.17) is 5.73 Å². The molecule has 0 bridgehead atoms. The molecular weight excluding hydrogens is 424 g/mol. The smallest absolute Gasteiger partial charge is 0.326 e. The van der Waals surface area contributed by atoms with Gasteiger partial charge in [0.05, 0.1) is 6.04 Å². The van der Waals surface area contributed by atoms with Crippen molar-refractivity contribution >= 4 is 23.7 Å². The van der Waals surface area contributed by atoms with Crippen LogP contribution in [0.1, 0.15) is 53.0 Å². The van der Waals surface area contributed by atoms with E-state index in [0.717, 1.165) is 5.56 Å². The van der Waals surface area contributed by atoms with Crippen LogP contribution in [0.4, 0.5) is 0 Å². The van der Waals surface area contributed by atoms with Crippen molar-refractivity contribution in [3.63, 3.8) is 0 Å². The van der Waals surface area contributed by atoms with E-state index in [1.54, 1.807) is 13.8 Å². The van der Waals surface area contributed by atoms with Crippen molar-refractivity contribution in [2.75, 3.05) is 0 Å². The Labute approximate surface area is 195 Å². The van der Waals surface area contributed by atoms with Crippen LogP contribution in [0, 0.1) is 11.8 Å². The molecule has 0 saturated carbocycles. The van der Waals surface area contributed by atoms with Gasteiger partial charge in [0.1, 0.15) is 18.1 Å². The predicted molar refractivity (Wildman–Crippen MR) is 126 cm³/mol. The molecule has 0 heterocycles. The first-order chi connectivity index (χ1) is 15.5. The van der Waals surface area contributed by atoms with E-state index in [-0.39, 0.29) is 18.3 Å². The Hall–Kier alpha value is -2.94. The summed E-state index contributed by atoms with van der Waals surface area (Å²) < 4.78 is 0. The first-order valence-electron chi connectivity index (χ1n) is 11.4. The summed E-state index contributed by atoms with van der Waals surface area (Å²) in [4.78, 5) is 50.1. The minimum absolute atomic E-state index is 0.213. The van der Waals surface area contributed by atoms with E-state index in [9.17, 15) is 24.3 Å². The molecule has 0 aliphatic rings. The molecule has 0 spiro atoms. The number of carbonyl (C=O) groups is 4. The lowest BCUT2D eigenvalue weighted by atomic mass is 9.95. The van der Waals surface area contributed by atoms with E-state index in [1.165, 1.54) is 6.92 Å². The first kappa shape index (κ1) is 28.1. The maximum Gasteiger partial charge on any atom is 0.326 e. The van der Waals surface area contributed by atoms with Crippen LogP contribution in [0.5, 0.6) is 0 Å². The third-order valence-electron chi connectivity index (χ3n) is 5.90. The van der Waals surface area contributed by atoms with Gasteiger partial charge in [-0.25, -0.2) is 4.79 Å². The maximum absolute atomic E-state index is 13.2. The number of carboxylic acid groups (broad SMARTS) is 1. The number of hydrogen-bond acceptors (Lipinski definition) is 5. The molecule has 184 valence electrons. The molecule has 9 nitrogen and oxygen atoms in total. The van der Waals surface area contributed by atoms with Crippen LogP contribution in [0.25, 0.3) is 0 Å². The highest BCUT2D eigenvalue weighted by Gasteiger charge is 2.33. The Bertz CT molecular complexity index is 799. The number of carboxylic acids is 1. The molecule has 6 atom stereocenters. The summed E-state index contributed by atoms with van der Waals surface area (Å²) in [7, 11) is 0. The topological polar surface area (TPSA) is 151 Å². The van der Waals surface area contributed by atoms with E-state index < -0.39 is 47.9 Å². The Kier molecular flexibility index (Phi) is 11.6. The third-order valence-corrected chi connectivity index (χ3v) is 5.90. The SMILES string of the molecule is CCC(C)C(NC(=O)C(NC(=O)C(Cc1ccccc1)NC(=O)C(C)N)C(C)CC)C(=O)O. The van der Waals surface area contributed by atoms with Crippen LogP contribution in [0.3, 0.4) is 0 Å². The van der Waals surface area contributed by atoms with Crippen LogP contribution in [-0.4, -0.2) is 53.0 Å². The molecule has 1 aromatic rings. The quantitative estimate of drug-likeness (QED) is 0.297. The molecule has 33 heavy (non-hydrogen) atoms. The second-order valence-corrected chi connectivity index (χ2v) is 8.62. The van der Waals surface area contributed by atoms with Gasteiger partial charge in [-0.1, -0.05) is 70.9 Å². The van der Waals surface area contributed by atoms with E-state index in [1.807, 2.05) is 44.2 Å². The zero-order chi connectivity index (χ0) is 25.1. The molecule has 0 aliphatic heterocycles. The largest absolute Gasteiger partial charge is 0.480 e. The van der Waals surface area contributed by atoms with Gasteiger partial charge in [0.15, 0.2) is 0 Å². The molecule has 1 rings (SSSR count). The van der Waals surface area contributed by atoms with Crippen molar-refractivity contribution in [1.29, 1.82) is 0 Å². The van der Waals surface area contributed by atoms with Crippen LogP contribution < -0.4 is 21.7 Å². The summed E-state index contributed by atoms with van der Waals surface area (Å²) in [6.45, 7) is 8.78. The minimum atomic E-state index is -1.13. The van der Waals surface area contributed by atoms with Crippen molar-refractivity contribution in [2.45, 2.75) is 78.0 Å². The highest BCUT2D eigenvalue weighted by atomic mass is 16.4. The second kappa shape index (κ2) is 13.6. The fraction of sp³-hybridized carbons (Fsp3) is 0.583. The van der Waals surface area contributed by atoms with Gasteiger partial charge in [-0.05, 0) is 24.3 Å². The fourth-order valence-corrected chi connectivity index (χ4v) is 3.24. The van der Waals surface area contributed by atoms with Crippen molar-refractivity contribution in [1.82, 2.24) is 16.0 Å². The summed E-state index contributed by atoms with van der Waals surface area (Å²) in [5, 5.41) is 17.5. The zero-order valence-corrected chi connectivity index (χ0v) is 20.1. The molecule has 1 aromatic carbocycles. The number of aliphatic carboxylic acids is 1. The third kappa shape index (κ3) is 8.84. The standard InChI is InChI=1S/C24H38N4O5/c1-6-14(3)19(23(31)28-20(24(32)33)15(4)7-2)27-22(30)18(26-21(29)16(5)25)13-17-11-9-8-10-12-17/h8-12,14-16,18-20H,6-7,13,25H2,1-5H3,(H,26,29)(H,27,30)(H,28,31)(H,32,33). The highest BCUT2D eigenvalue weighted by Crippen LogP contribution is 2.13. The Morgan fingerprint density at radius 3 is 1.82 bits per heavy atom. The Morgan fingerprint density at radius 1 is 0.818 bits per heavy atom. The lowest BCUT2D eigenvalue weighted by Gasteiger charge is -2.29. The minimum Gasteiger partial charge on any atom is -0.480 e. The molecule has 6 N–H and O–H groups in total. The van der Waals surface area contributed by atoms with Gasteiger partial charge in [0, 0.05) is 6.42 Å². The molecular formula is C24H38N4O5. The number of carbonyl (C=O) groups excluding carboxylic acids is 3. The first-order valence-corrected chi connectivity index (χ1v) is 11.4. The van der Waals surface area contributed by atoms with Crippen molar-refractivity contribution in [2.24, 2.45) is 17.6 Å². The Balaban J connectivity index is 3.10. The fourth-order valence-electron chi connectivity index (χ4n) is 3.24. The average Bonchev–Trinajstić information content (AvgIpc) is 2.79. The van der Waals surface area contributed by atoms with E-state index >= 15 is 0 Å². The van der Waals surface area contributed by atoms with Crippen LogP contribution in [0.2, 0.25) is 0 Å². The number of nitrogens with two attached hydrogens (primary N) is 1. The number of benzene rings is 1. The summed E-state index contributed by atoms with van der Waals surface area (Å²) in [5.74, 6) is -3.26. The molecule has 3 amide bonds. The van der Waals surface area contributed by atoms with Crippen LogP contribution in [-0.2, 0) is 25.6 Å². The highest BCUT2D eigenvalue weighted by molar-refractivity contribution is 5.94. The number of hydrogen-bond donors (Lipinski definition) is 5. The predicted octanol–water partition coefficient (Wildman–Crippen LogP) is 1.21. The van der Waals surface area contributed by atoms with Gasteiger partial charge in [-0.3, -0.25) is 14.4 Å². The molecule has 0 saturated heterocycles. The lowest BCUT2D eigenvalue weighted by molar-refractivity contribution is -0.144. The van der Waals surface area contributed by atoms with Gasteiger partial charge < -0.3 is 26.8 Å². The molecule has 0 aliphatic carbocycles. The zero-order valence-electron chi connectivity index (χ0n) is 20.1. The van der Waals surface area contributed by atoms with Gasteiger partial charge in [-0.15, -0.1) is 0 Å². The number of amides is 3. The van der Waals surface area contributed by atoms with Crippen molar-refractivity contribution in [3.8, 4) is 0 Å². The van der Waals surface area contributed by atoms with E-state index in [2.05, 4.69) is 16.0 Å². The number of rotatable bonds is 13. The summed E-state index contributed by atoms with van der Waals surface area (Å²) in [6.07, 6.45) is 1.36. The Morgan fingerprint density at radius 2 is 1.33 bits per heavy atom. The van der Waals surface area contributed by atoms with Crippen molar-refractivity contribution < 1.29 is 24.3 Å².